The van der Waals surface area contributed by atoms with Gasteiger partial charge in [-0.15, -0.1) is 11.8 Å². The number of carbonyl (C=O) groups excluding carboxylic acids is 1. The normalized spacial score (nSPS) is 20.8. The molecule has 0 bridgehead atoms. The smallest absolute Gasteiger partial charge is 0.407 e. The summed E-state index contributed by atoms with van der Waals surface area (Å²) >= 11 is 1.57. The van der Waals surface area contributed by atoms with Crippen LogP contribution >= 0.6 is 11.8 Å². The minimum Gasteiger partial charge on any atom is -0.444 e. The van der Waals surface area contributed by atoms with Crippen LogP contribution in [0.15, 0.2) is 34.1 Å². The van der Waals surface area contributed by atoms with E-state index in [2.05, 4.69) is 10.0 Å². The van der Waals surface area contributed by atoms with E-state index < -0.39 is 21.7 Å². The fourth-order valence-corrected chi connectivity index (χ4v) is 4.46. The lowest BCUT2D eigenvalue weighted by atomic mass is 10.1. The second kappa shape index (κ2) is 8.63. The van der Waals surface area contributed by atoms with E-state index in [-0.39, 0.29) is 16.9 Å². The van der Waals surface area contributed by atoms with Crippen molar-refractivity contribution < 1.29 is 17.9 Å². The Morgan fingerprint density at radius 3 is 2.46 bits per heavy atom. The molecule has 0 radical (unpaired) electrons. The maximum Gasteiger partial charge on any atom is 0.407 e. The molecule has 1 aromatic carbocycles. The molecule has 1 aliphatic carbocycles. The molecule has 1 amide bonds. The fourth-order valence-electron chi connectivity index (χ4n) is 2.93. The molecule has 0 saturated heterocycles. The van der Waals surface area contributed by atoms with Crippen LogP contribution < -0.4 is 10.0 Å². The molecule has 0 unspecified atom stereocenters. The maximum atomic E-state index is 12.4. The number of benzene rings is 1. The molecule has 2 atom stereocenters. The van der Waals surface area contributed by atoms with Gasteiger partial charge in [-0.2, -0.15) is 0 Å². The zero-order chi connectivity index (χ0) is 19.4. The highest BCUT2D eigenvalue weighted by Gasteiger charge is 2.28. The number of hydrogen-bond acceptors (Lipinski definition) is 5. The minimum absolute atomic E-state index is 0.0280. The number of ether oxygens (including phenoxy) is 1. The Labute approximate surface area is 160 Å². The molecular weight excluding hydrogens is 372 g/mol. The van der Waals surface area contributed by atoms with Gasteiger partial charge in [-0.3, -0.25) is 0 Å². The first-order chi connectivity index (χ1) is 12.1. The average molecular weight is 401 g/mol. The van der Waals surface area contributed by atoms with Crippen molar-refractivity contribution in [1.82, 2.24) is 10.0 Å². The molecular formula is C18H28N2O4S2. The summed E-state index contributed by atoms with van der Waals surface area (Å²) in [5.41, 5.74) is -0.524. The van der Waals surface area contributed by atoms with Gasteiger partial charge in [0.15, 0.2) is 0 Å². The second-order valence-electron chi connectivity index (χ2n) is 7.55. The number of hydrogen-bond donors (Lipinski definition) is 2. The van der Waals surface area contributed by atoms with Crippen molar-refractivity contribution in [1.29, 1.82) is 0 Å². The third kappa shape index (κ3) is 6.48. The Balaban J connectivity index is 1.82. The van der Waals surface area contributed by atoms with Gasteiger partial charge < -0.3 is 10.1 Å². The largest absolute Gasteiger partial charge is 0.444 e. The van der Waals surface area contributed by atoms with Gasteiger partial charge in [-0.1, -0.05) is 0 Å². The number of nitrogens with one attached hydrogen (secondary N) is 2. The molecule has 1 saturated carbocycles. The molecule has 1 aliphatic rings. The summed E-state index contributed by atoms with van der Waals surface area (Å²) in [7, 11) is -3.51. The molecule has 1 aromatic rings. The fraction of sp³-hybridized carbons (Fsp3) is 0.611. The van der Waals surface area contributed by atoms with Gasteiger partial charge >= 0.3 is 6.09 Å². The Morgan fingerprint density at radius 1 is 1.23 bits per heavy atom. The van der Waals surface area contributed by atoms with Crippen molar-refractivity contribution in [3.63, 3.8) is 0 Å². The summed E-state index contributed by atoms with van der Waals surface area (Å²) in [6.07, 6.45) is 3.97. The van der Waals surface area contributed by atoms with E-state index in [9.17, 15) is 13.2 Å². The van der Waals surface area contributed by atoms with E-state index in [4.69, 9.17) is 4.74 Å². The van der Waals surface area contributed by atoms with Crippen molar-refractivity contribution in [2.24, 2.45) is 5.92 Å². The van der Waals surface area contributed by atoms with Gasteiger partial charge in [0.25, 0.3) is 0 Å². The highest BCUT2D eigenvalue weighted by molar-refractivity contribution is 7.98. The summed E-state index contributed by atoms with van der Waals surface area (Å²) in [5, 5.41) is 2.87. The molecule has 0 spiro atoms. The number of alkyl carbamates (subject to hydrolysis) is 1. The van der Waals surface area contributed by atoms with E-state index in [0.29, 0.717) is 6.54 Å². The molecule has 0 heterocycles. The standard InChI is InChI=1S/C18H28N2O4S2/c1-18(2,3)24-17(21)20-14-6-5-13(11-14)12-19-26(22,23)16-9-7-15(25-4)8-10-16/h7-10,13-14,19H,5-6,11-12H2,1-4H3,(H,20,21)/t13-,14+/m0/s1. The highest BCUT2D eigenvalue weighted by Crippen LogP contribution is 2.26. The van der Waals surface area contributed by atoms with Gasteiger partial charge in [0.2, 0.25) is 10.0 Å². The van der Waals surface area contributed by atoms with Crippen LogP contribution in [0, 0.1) is 5.92 Å². The third-order valence-electron chi connectivity index (χ3n) is 4.19. The summed E-state index contributed by atoms with van der Waals surface area (Å²) in [5.74, 6) is 0.204. The number of amides is 1. The van der Waals surface area contributed by atoms with Crippen molar-refractivity contribution in [3.05, 3.63) is 24.3 Å². The first-order valence-corrected chi connectivity index (χ1v) is 11.4. The van der Waals surface area contributed by atoms with Crippen molar-refractivity contribution in [2.45, 2.75) is 61.5 Å². The first kappa shape index (κ1) is 21.1. The summed E-state index contributed by atoms with van der Waals surface area (Å²) in [4.78, 5) is 13.1. The number of rotatable bonds is 6. The van der Waals surface area contributed by atoms with Crippen LogP contribution in [-0.4, -0.2) is 39.0 Å². The maximum absolute atomic E-state index is 12.4. The zero-order valence-corrected chi connectivity index (χ0v) is 17.4. The lowest BCUT2D eigenvalue weighted by Gasteiger charge is -2.21. The third-order valence-corrected chi connectivity index (χ3v) is 6.38. The monoisotopic (exact) mass is 400 g/mol. The van der Waals surface area contributed by atoms with Gasteiger partial charge in [0.1, 0.15) is 5.60 Å². The van der Waals surface area contributed by atoms with Crippen molar-refractivity contribution in [3.8, 4) is 0 Å². The van der Waals surface area contributed by atoms with E-state index in [1.54, 1.807) is 36.0 Å². The SMILES string of the molecule is CSc1ccc(S(=O)(=O)NC[C@H]2CC[C@@H](NC(=O)OC(C)(C)C)C2)cc1. The van der Waals surface area contributed by atoms with E-state index >= 15 is 0 Å². The molecule has 0 aliphatic heterocycles. The number of sulfonamides is 1. The Kier molecular flexibility index (Phi) is 6.99. The van der Waals surface area contributed by atoms with Crippen LogP contribution in [0.3, 0.4) is 0 Å². The van der Waals surface area contributed by atoms with Crippen LogP contribution in [0.1, 0.15) is 40.0 Å². The van der Waals surface area contributed by atoms with Gasteiger partial charge in [0, 0.05) is 17.5 Å². The highest BCUT2D eigenvalue weighted by atomic mass is 32.2. The van der Waals surface area contributed by atoms with E-state index in [0.717, 1.165) is 24.2 Å². The topological polar surface area (TPSA) is 84.5 Å². The Morgan fingerprint density at radius 2 is 1.88 bits per heavy atom. The molecule has 1 fully saturated rings. The van der Waals surface area contributed by atoms with Crippen LogP contribution in [0.5, 0.6) is 0 Å². The molecule has 8 heteroatoms. The quantitative estimate of drug-likeness (QED) is 0.715. The molecule has 26 heavy (non-hydrogen) atoms. The Hall–Kier alpha value is -1.25. The summed E-state index contributed by atoms with van der Waals surface area (Å²) in [6, 6.07) is 6.87. The minimum atomic E-state index is -3.51. The summed E-state index contributed by atoms with van der Waals surface area (Å²) < 4.78 is 32.7. The molecule has 146 valence electrons. The number of carbonyl (C=O) groups is 1. The average Bonchev–Trinajstić information content (AvgIpc) is 2.98. The van der Waals surface area contributed by atoms with E-state index in [1.807, 2.05) is 27.0 Å². The van der Waals surface area contributed by atoms with Crippen LogP contribution in [0.4, 0.5) is 4.79 Å². The molecule has 2 N–H and O–H groups in total. The van der Waals surface area contributed by atoms with Crippen molar-refractivity contribution >= 4 is 27.9 Å². The van der Waals surface area contributed by atoms with E-state index in [1.165, 1.54) is 0 Å². The van der Waals surface area contributed by atoms with Gasteiger partial charge in [-0.25, -0.2) is 17.9 Å². The molecule has 0 aromatic heterocycles. The lowest BCUT2D eigenvalue weighted by molar-refractivity contribution is 0.0504. The van der Waals surface area contributed by atoms with Crippen LogP contribution in [0.25, 0.3) is 0 Å². The Bertz CT molecular complexity index is 712. The summed E-state index contributed by atoms with van der Waals surface area (Å²) in [6.45, 7) is 5.85. The second-order valence-corrected chi connectivity index (χ2v) is 10.2. The van der Waals surface area contributed by atoms with Crippen molar-refractivity contribution in [2.75, 3.05) is 12.8 Å². The lowest BCUT2D eigenvalue weighted by Crippen LogP contribution is -2.38. The van der Waals surface area contributed by atoms with Crippen LogP contribution in [-0.2, 0) is 14.8 Å². The van der Waals surface area contributed by atoms with Gasteiger partial charge in [0.05, 0.1) is 4.90 Å². The predicted molar refractivity (Wildman–Crippen MR) is 104 cm³/mol. The number of thioether (sulfide) groups is 1. The van der Waals surface area contributed by atoms with Gasteiger partial charge in [-0.05, 0) is 76.5 Å². The first-order valence-electron chi connectivity index (χ1n) is 8.72. The predicted octanol–water partition coefficient (Wildman–Crippen LogP) is 3.38. The van der Waals surface area contributed by atoms with Crippen LogP contribution in [0.2, 0.25) is 0 Å². The zero-order valence-electron chi connectivity index (χ0n) is 15.7. The molecule has 2 rings (SSSR count). The molecule has 6 nitrogen and oxygen atoms in total.